The molecule has 2 aromatic carbocycles. The quantitative estimate of drug-likeness (QED) is 0.459. The summed E-state index contributed by atoms with van der Waals surface area (Å²) in [5, 5.41) is 14.2. The van der Waals surface area contributed by atoms with Crippen molar-refractivity contribution in [3.05, 3.63) is 62.1 Å². The van der Waals surface area contributed by atoms with Gasteiger partial charge in [0.25, 0.3) is 5.69 Å². The van der Waals surface area contributed by atoms with Gasteiger partial charge < -0.3 is 5.32 Å². The summed E-state index contributed by atoms with van der Waals surface area (Å²) in [6, 6.07) is 11.6. The molecule has 110 valence electrons. The highest BCUT2D eigenvalue weighted by Crippen LogP contribution is 2.31. The molecule has 0 aliphatic heterocycles. The maximum Gasteiger partial charge on any atom is 0.274 e. The Hall–Kier alpha value is -1.53. The molecule has 2 rings (SSSR count). The van der Waals surface area contributed by atoms with Crippen molar-refractivity contribution in [2.75, 3.05) is 11.6 Å². The Kier molecular flexibility index (Phi) is 5.25. The number of rotatable bonds is 5. The summed E-state index contributed by atoms with van der Waals surface area (Å²) >= 11 is 5.14. The van der Waals surface area contributed by atoms with Gasteiger partial charge in [-0.25, -0.2) is 0 Å². The number of hydrogen-bond acceptors (Lipinski definition) is 4. The molecule has 0 bridgehead atoms. The number of aryl methyl sites for hydroxylation is 1. The number of thioether (sulfide) groups is 1. The molecule has 1 N–H and O–H groups in total. The lowest BCUT2D eigenvalue weighted by Gasteiger charge is -2.10. The van der Waals surface area contributed by atoms with Crippen LogP contribution >= 0.6 is 27.7 Å². The lowest BCUT2D eigenvalue weighted by Crippen LogP contribution is -2.02. The molecule has 6 heteroatoms. The zero-order valence-corrected chi connectivity index (χ0v) is 14.1. The van der Waals surface area contributed by atoms with Crippen molar-refractivity contribution < 1.29 is 4.92 Å². The third kappa shape index (κ3) is 3.98. The van der Waals surface area contributed by atoms with Crippen LogP contribution in [0.1, 0.15) is 11.1 Å². The van der Waals surface area contributed by atoms with Crippen molar-refractivity contribution in [1.29, 1.82) is 0 Å². The summed E-state index contributed by atoms with van der Waals surface area (Å²) in [5.41, 5.74) is 2.62. The molecule has 0 unspecified atom stereocenters. The van der Waals surface area contributed by atoms with Crippen LogP contribution in [0.15, 0.2) is 45.8 Å². The highest BCUT2D eigenvalue weighted by molar-refractivity contribution is 9.10. The smallest absolute Gasteiger partial charge is 0.274 e. The van der Waals surface area contributed by atoms with Crippen molar-refractivity contribution in [2.45, 2.75) is 18.4 Å². The topological polar surface area (TPSA) is 55.2 Å². The third-order valence-corrected chi connectivity index (χ3v) is 4.52. The fourth-order valence-electron chi connectivity index (χ4n) is 1.93. The van der Waals surface area contributed by atoms with Crippen molar-refractivity contribution in [3.8, 4) is 0 Å². The number of nitro benzene ring substituents is 1. The van der Waals surface area contributed by atoms with Gasteiger partial charge in [-0.15, -0.1) is 11.8 Å². The lowest BCUT2D eigenvalue weighted by molar-refractivity contribution is -0.385. The molecule has 4 nitrogen and oxygen atoms in total. The minimum Gasteiger partial charge on any atom is -0.380 e. The molecular weight excluding hydrogens is 352 g/mol. The Morgan fingerprint density at radius 2 is 1.95 bits per heavy atom. The Morgan fingerprint density at radius 3 is 2.52 bits per heavy atom. The largest absolute Gasteiger partial charge is 0.380 e. The molecule has 0 radical (unpaired) electrons. The van der Waals surface area contributed by atoms with Crippen molar-refractivity contribution in [1.82, 2.24) is 0 Å². The van der Waals surface area contributed by atoms with Crippen LogP contribution in [0.4, 0.5) is 11.4 Å². The molecule has 0 aromatic heterocycles. The molecule has 0 atom stereocenters. The van der Waals surface area contributed by atoms with Gasteiger partial charge >= 0.3 is 0 Å². The van der Waals surface area contributed by atoms with E-state index in [9.17, 15) is 10.1 Å². The monoisotopic (exact) mass is 366 g/mol. The van der Waals surface area contributed by atoms with Gasteiger partial charge in [-0.05, 0) is 52.9 Å². The minimum atomic E-state index is -0.361. The van der Waals surface area contributed by atoms with Gasteiger partial charge in [0.2, 0.25) is 0 Å². The first-order chi connectivity index (χ1) is 10.0. The molecule has 2 aromatic rings. The average molecular weight is 367 g/mol. The van der Waals surface area contributed by atoms with E-state index >= 15 is 0 Å². The van der Waals surface area contributed by atoms with Crippen LogP contribution in [0.3, 0.4) is 0 Å². The fourth-order valence-corrected chi connectivity index (χ4v) is 2.94. The maximum absolute atomic E-state index is 11.0. The standard InChI is InChI=1S/C15H15BrN2O2S/c1-10-7-13(16)14(8-15(10)18(19)20)17-9-11-3-5-12(21-2)6-4-11/h3-8,17H,9H2,1-2H3. The van der Waals surface area contributed by atoms with Crippen molar-refractivity contribution in [3.63, 3.8) is 0 Å². The van der Waals surface area contributed by atoms with E-state index in [1.54, 1.807) is 30.8 Å². The van der Waals surface area contributed by atoms with Gasteiger partial charge in [0.05, 0.1) is 10.6 Å². The second-order valence-corrected chi connectivity index (χ2v) is 6.31. The Morgan fingerprint density at radius 1 is 1.29 bits per heavy atom. The first-order valence-corrected chi connectivity index (χ1v) is 8.34. The van der Waals surface area contributed by atoms with E-state index in [0.717, 1.165) is 15.7 Å². The van der Waals surface area contributed by atoms with Crippen LogP contribution < -0.4 is 5.32 Å². The van der Waals surface area contributed by atoms with Gasteiger partial charge in [0.15, 0.2) is 0 Å². The molecule has 0 aliphatic rings. The number of nitro groups is 1. The van der Waals surface area contributed by atoms with E-state index in [-0.39, 0.29) is 10.6 Å². The first-order valence-electron chi connectivity index (χ1n) is 6.32. The summed E-state index contributed by atoms with van der Waals surface area (Å²) in [4.78, 5) is 11.8. The minimum absolute atomic E-state index is 0.124. The van der Waals surface area contributed by atoms with Gasteiger partial charge in [0.1, 0.15) is 0 Å². The zero-order chi connectivity index (χ0) is 15.4. The molecule has 21 heavy (non-hydrogen) atoms. The molecule has 0 saturated heterocycles. The van der Waals surface area contributed by atoms with E-state index in [1.165, 1.54) is 4.90 Å². The predicted octanol–water partition coefficient (Wildman–Crippen LogP) is 5.00. The van der Waals surface area contributed by atoms with Gasteiger partial charge in [-0.3, -0.25) is 10.1 Å². The fraction of sp³-hybridized carbons (Fsp3) is 0.200. The van der Waals surface area contributed by atoms with E-state index in [4.69, 9.17) is 0 Å². The van der Waals surface area contributed by atoms with Crippen molar-refractivity contribution >= 4 is 39.1 Å². The van der Waals surface area contributed by atoms with Crippen LogP contribution in [-0.4, -0.2) is 11.2 Å². The number of hydrogen-bond donors (Lipinski definition) is 1. The predicted molar refractivity (Wildman–Crippen MR) is 91.1 cm³/mol. The second kappa shape index (κ2) is 6.95. The van der Waals surface area contributed by atoms with Crippen LogP contribution in [-0.2, 0) is 6.54 Å². The Bertz CT molecular complexity index is 659. The second-order valence-electron chi connectivity index (χ2n) is 4.58. The normalized spacial score (nSPS) is 10.4. The lowest BCUT2D eigenvalue weighted by atomic mass is 10.1. The molecule has 0 saturated carbocycles. The van der Waals surface area contributed by atoms with E-state index < -0.39 is 0 Å². The Labute approximate surface area is 136 Å². The molecular formula is C15H15BrN2O2S. The SMILES string of the molecule is CSc1ccc(CNc2cc([N+](=O)[O-])c(C)cc2Br)cc1. The van der Waals surface area contributed by atoms with Crippen LogP contribution in [0.25, 0.3) is 0 Å². The summed E-state index contributed by atoms with van der Waals surface area (Å²) in [6.07, 6.45) is 2.04. The zero-order valence-electron chi connectivity index (χ0n) is 11.7. The summed E-state index contributed by atoms with van der Waals surface area (Å²) < 4.78 is 0.825. The van der Waals surface area contributed by atoms with E-state index in [2.05, 4.69) is 45.5 Å². The van der Waals surface area contributed by atoms with E-state index in [0.29, 0.717) is 12.1 Å². The molecule has 0 spiro atoms. The molecule has 0 fully saturated rings. The Balaban J connectivity index is 2.15. The summed E-state index contributed by atoms with van der Waals surface area (Å²) in [6.45, 7) is 2.35. The summed E-state index contributed by atoms with van der Waals surface area (Å²) in [5.74, 6) is 0. The van der Waals surface area contributed by atoms with Gasteiger partial charge in [0, 0.05) is 27.5 Å². The number of halogens is 1. The van der Waals surface area contributed by atoms with Gasteiger partial charge in [-0.1, -0.05) is 12.1 Å². The van der Waals surface area contributed by atoms with Crippen molar-refractivity contribution in [2.24, 2.45) is 0 Å². The van der Waals surface area contributed by atoms with Gasteiger partial charge in [-0.2, -0.15) is 0 Å². The van der Waals surface area contributed by atoms with Crippen LogP contribution in [0, 0.1) is 17.0 Å². The highest BCUT2D eigenvalue weighted by Gasteiger charge is 2.14. The molecule has 0 amide bonds. The number of anilines is 1. The highest BCUT2D eigenvalue weighted by atomic mass is 79.9. The number of benzene rings is 2. The maximum atomic E-state index is 11.0. The molecule has 0 heterocycles. The first kappa shape index (κ1) is 15.9. The van der Waals surface area contributed by atoms with Crippen LogP contribution in [0.2, 0.25) is 0 Å². The van der Waals surface area contributed by atoms with Crippen LogP contribution in [0.5, 0.6) is 0 Å². The molecule has 0 aliphatic carbocycles. The number of nitrogens with zero attached hydrogens (tertiary/aromatic N) is 1. The summed E-state index contributed by atoms with van der Waals surface area (Å²) in [7, 11) is 0. The number of nitrogens with one attached hydrogen (secondary N) is 1. The average Bonchev–Trinajstić information content (AvgIpc) is 2.46. The third-order valence-electron chi connectivity index (χ3n) is 3.12. The van der Waals surface area contributed by atoms with E-state index in [1.807, 2.05) is 6.26 Å².